The van der Waals surface area contributed by atoms with E-state index in [9.17, 15) is 17.6 Å². The zero-order valence-electron chi connectivity index (χ0n) is 23.6. The van der Waals surface area contributed by atoms with Crippen LogP contribution >= 0.6 is 0 Å². The highest BCUT2D eigenvalue weighted by Crippen LogP contribution is 2.47. The molecule has 5 aromatic rings. The van der Waals surface area contributed by atoms with Gasteiger partial charge in [-0.1, -0.05) is 17.7 Å². The largest absolute Gasteiger partial charge is 0.466 e. The molecule has 8 rings (SSSR count). The predicted octanol–water partition coefficient (Wildman–Crippen LogP) is 4.61. The van der Waals surface area contributed by atoms with E-state index in [1.807, 2.05) is 6.92 Å². The van der Waals surface area contributed by atoms with E-state index < -0.39 is 15.8 Å². The van der Waals surface area contributed by atoms with Crippen LogP contribution < -0.4 is 5.32 Å². The van der Waals surface area contributed by atoms with E-state index in [2.05, 4.69) is 20.4 Å². The lowest BCUT2D eigenvalue weighted by molar-refractivity contribution is -0.154. The predicted molar refractivity (Wildman–Crippen MR) is 156 cm³/mol. The Morgan fingerprint density at radius 1 is 1.12 bits per heavy atom. The van der Waals surface area contributed by atoms with Crippen molar-refractivity contribution in [1.82, 2.24) is 28.5 Å². The van der Waals surface area contributed by atoms with Gasteiger partial charge in [0.1, 0.15) is 17.7 Å². The van der Waals surface area contributed by atoms with Gasteiger partial charge in [0.15, 0.2) is 17.3 Å². The second kappa shape index (κ2) is 10.4. The average molecular weight is 604 g/mol. The van der Waals surface area contributed by atoms with Crippen molar-refractivity contribution in [3.63, 3.8) is 0 Å². The third-order valence-electron chi connectivity index (χ3n) is 8.76. The van der Waals surface area contributed by atoms with Gasteiger partial charge in [-0.3, -0.25) is 4.79 Å². The number of hydrogen-bond donors (Lipinski definition) is 1. The van der Waals surface area contributed by atoms with Crippen LogP contribution in [0.25, 0.3) is 27.9 Å². The van der Waals surface area contributed by atoms with Gasteiger partial charge in [0.25, 0.3) is 10.0 Å². The Kier molecular flexibility index (Phi) is 6.64. The number of pyridine rings is 1. The number of carbonyl (C=O) groups is 1. The fraction of sp³-hybridized carbons (Fsp3) is 0.367. The first-order valence-corrected chi connectivity index (χ1v) is 15.8. The summed E-state index contributed by atoms with van der Waals surface area (Å²) in [6, 6.07) is 7.49. The molecule has 13 heteroatoms. The van der Waals surface area contributed by atoms with Crippen LogP contribution in [0.2, 0.25) is 0 Å². The number of anilines is 1. The van der Waals surface area contributed by atoms with Crippen molar-refractivity contribution in [2.24, 2.45) is 17.8 Å². The van der Waals surface area contributed by atoms with Gasteiger partial charge in [0.05, 0.1) is 29.8 Å². The molecule has 11 nitrogen and oxygen atoms in total. The van der Waals surface area contributed by atoms with Crippen molar-refractivity contribution in [3.05, 3.63) is 66.6 Å². The molecule has 3 saturated carbocycles. The highest BCUT2D eigenvalue weighted by atomic mass is 32.2. The summed E-state index contributed by atoms with van der Waals surface area (Å²) in [4.78, 5) is 26.4. The molecule has 3 aliphatic carbocycles. The molecule has 2 atom stereocenters. The molecule has 3 aliphatic rings. The summed E-state index contributed by atoms with van der Waals surface area (Å²) < 4.78 is 50.0. The van der Waals surface area contributed by atoms with Crippen LogP contribution in [0, 0.1) is 30.5 Å². The number of carbonyl (C=O) groups excluding carboxylic acids is 1. The van der Waals surface area contributed by atoms with Crippen molar-refractivity contribution in [2.45, 2.75) is 50.5 Å². The second-order valence-corrected chi connectivity index (χ2v) is 13.1. The number of fused-ring (bicyclic) bond motifs is 5. The monoisotopic (exact) mass is 603 g/mol. The van der Waals surface area contributed by atoms with Crippen LogP contribution in [0.4, 0.5) is 10.2 Å². The molecular formula is C30H30FN7O4S. The zero-order valence-corrected chi connectivity index (χ0v) is 24.5. The number of nitrogens with zero attached hydrogens (tertiary/aromatic N) is 6. The Bertz CT molecular complexity index is 1960. The van der Waals surface area contributed by atoms with Crippen LogP contribution in [0.1, 0.15) is 38.2 Å². The van der Waals surface area contributed by atoms with Crippen molar-refractivity contribution in [3.8, 4) is 11.4 Å². The normalized spacial score (nSPS) is 21.8. The molecule has 3 fully saturated rings. The second-order valence-electron chi connectivity index (χ2n) is 11.3. The molecule has 0 aliphatic heterocycles. The van der Waals surface area contributed by atoms with E-state index in [1.54, 1.807) is 25.3 Å². The van der Waals surface area contributed by atoms with E-state index in [0.29, 0.717) is 17.9 Å². The highest BCUT2D eigenvalue weighted by molar-refractivity contribution is 7.90. The van der Waals surface area contributed by atoms with Gasteiger partial charge in [-0.25, -0.2) is 36.2 Å². The minimum atomic E-state index is -4.08. The lowest BCUT2D eigenvalue weighted by Crippen LogP contribution is -2.52. The summed E-state index contributed by atoms with van der Waals surface area (Å²) >= 11 is 0. The van der Waals surface area contributed by atoms with Gasteiger partial charge < -0.3 is 10.1 Å². The number of imidazole rings is 1. The standard InChI is InChI=1S/C30H30FN7O4S/c1-3-42-30(39)25-18-6-8-19(9-7-18)26(25)34-28-24-14-32-16-37(24)36-27(35-28)23-15-38(29-22(23)12-20(31)13-33-29)43(40,41)21-10-4-17(2)5-11-21/h4-5,10-16,18-19,25-26H,3,6-9H2,1-2H3,(H,34,35,36)/t18?,19?,25-,26-/m0/s1. The molecule has 0 spiro atoms. The van der Waals surface area contributed by atoms with Crippen LogP contribution in [0.3, 0.4) is 0 Å². The number of nitrogens with one attached hydrogen (secondary N) is 1. The van der Waals surface area contributed by atoms with Gasteiger partial charge in [0, 0.05) is 23.2 Å². The zero-order chi connectivity index (χ0) is 29.9. The third kappa shape index (κ3) is 4.62. The topological polar surface area (TPSA) is 133 Å². The number of aryl methyl sites for hydroxylation is 1. The fourth-order valence-electron chi connectivity index (χ4n) is 6.68. The maximum Gasteiger partial charge on any atom is 0.311 e. The summed E-state index contributed by atoms with van der Waals surface area (Å²) in [6.07, 6.45) is 9.46. The Morgan fingerprint density at radius 2 is 1.86 bits per heavy atom. The van der Waals surface area contributed by atoms with E-state index >= 15 is 0 Å². The molecule has 222 valence electrons. The molecule has 0 radical (unpaired) electrons. The van der Waals surface area contributed by atoms with E-state index in [4.69, 9.17) is 9.72 Å². The first-order chi connectivity index (χ1) is 20.7. The van der Waals surface area contributed by atoms with Gasteiger partial charge in [-0.15, -0.1) is 5.10 Å². The molecule has 43 heavy (non-hydrogen) atoms. The molecule has 0 amide bonds. The summed E-state index contributed by atoms with van der Waals surface area (Å²) in [6.45, 7) is 3.98. The number of esters is 1. The number of benzene rings is 1. The summed E-state index contributed by atoms with van der Waals surface area (Å²) in [5, 5.41) is 8.38. The molecular weight excluding hydrogens is 573 g/mol. The SMILES string of the molecule is CCOC(=O)[C@H]1C2CCC(CC2)[C@@H]1Nc1nc(-c2cn(S(=O)(=O)c3ccc(C)cc3)c3ncc(F)cc23)nn2cncc12. The number of hydrogen-bond acceptors (Lipinski definition) is 9. The quantitative estimate of drug-likeness (QED) is 0.265. The van der Waals surface area contributed by atoms with Crippen LogP contribution in [-0.2, 0) is 19.6 Å². The number of ether oxygens (including phenoxy) is 1. The number of rotatable bonds is 7. The lowest BCUT2D eigenvalue weighted by Gasteiger charge is -2.47. The van der Waals surface area contributed by atoms with Gasteiger partial charge in [0.2, 0.25) is 0 Å². The molecule has 4 heterocycles. The number of halogens is 1. The van der Waals surface area contributed by atoms with Gasteiger partial charge in [-0.05, 0) is 69.6 Å². The van der Waals surface area contributed by atoms with Gasteiger partial charge in [-0.2, -0.15) is 0 Å². The van der Waals surface area contributed by atoms with E-state index in [1.165, 1.54) is 35.2 Å². The maximum absolute atomic E-state index is 14.5. The Labute approximate surface area is 247 Å². The third-order valence-corrected chi connectivity index (χ3v) is 10.4. The molecule has 0 saturated heterocycles. The van der Waals surface area contributed by atoms with E-state index in [0.717, 1.165) is 41.4 Å². The Morgan fingerprint density at radius 3 is 2.60 bits per heavy atom. The lowest BCUT2D eigenvalue weighted by atomic mass is 9.61. The van der Waals surface area contributed by atoms with Crippen molar-refractivity contribution >= 4 is 38.4 Å². The molecule has 4 aromatic heterocycles. The average Bonchev–Trinajstić information content (AvgIpc) is 3.63. The molecule has 1 aromatic carbocycles. The first-order valence-electron chi connectivity index (χ1n) is 14.4. The number of aromatic nitrogens is 6. The minimum Gasteiger partial charge on any atom is -0.466 e. The minimum absolute atomic E-state index is 0.0489. The maximum atomic E-state index is 14.5. The molecule has 1 N–H and O–H groups in total. The van der Waals surface area contributed by atoms with Gasteiger partial charge >= 0.3 is 5.97 Å². The van der Waals surface area contributed by atoms with E-state index in [-0.39, 0.29) is 57.1 Å². The van der Waals surface area contributed by atoms with Crippen molar-refractivity contribution in [1.29, 1.82) is 0 Å². The smallest absolute Gasteiger partial charge is 0.311 e. The summed E-state index contributed by atoms with van der Waals surface area (Å²) in [7, 11) is -4.08. The molecule has 0 unspecified atom stereocenters. The summed E-state index contributed by atoms with van der Waals surface area (Å²) in [5.41, 5.74) is 1.83. The first kappa shape index (κ1) is 27.4. The fourth-order valence-corrected chi connectivity index (χ4v) is 8.00. The molecule has 2 bridgehead atoms. The van der Waals surface area contributed by atoms with Crippen molar-refractivity contribution < 1.29 is 22.3 Å². The summed E-state index contributed by atoms with van der Waals surface area (Å²) in [5.74, 6) is -0.0639. The highest BCUT2D eigenvalue weighted by Gasteiger charge is 2.48. The van der Waals surface area contributed by atoms with Crippen LogP contribution in [0.5, 0.6) is 0 Å². The van der Waals surface area contributed by atoms with Crippen molar-refractivity contribution in [2.75, 3.05) is 11.9 Å². The van der Waals surface area contributed by atoms with Crippen LogP contribution in [0.15, 0.2) is 60.1 Å². The Hall–Kier alpha value is -4.39. The Balaban J connectivity index is 1.36. The van der Waals surface area contributed by atoms with Crippen LogP contribution in [-0.4, -0.2) is 55.6 Å².